The molecule has 0 aromatic heterocycles. The molecule has 12 N–H and O–H groups in total. The second kappa shape index (κ2) is 14.7. The van der Waals surface area contributed by atoms with Gasteiger partial charge < -0.3 is 43.1 Å². The molecular formula is C23H35ClN16O4. The predicted molar refractivity (Wildman–Crippen MR) is 154 cm³/mol. The third-order valence-electron chi connectivity index (χ3n) is 7.42. The molecule has 0 bridgehead atoms. The summed E-state index contributed by atoms with van der Waals surface area (Å²) in [6.07, 6.45) is 0.534. The number of carbonyl (C=O) groups is 3. The number of rotatable bonds is 10. The Morgan fingerprint density at radius 3 is 2.45 bits per heavy atom. The number of hydrogen-bond donors (Lipinski definition) is 8. The summed E-state index contributed by atoms with van der Waals surface area (Å²) in [5.41, 5.74) is 0.559. The van der Waals surface area contributed by atoms with Crippen LogP contribution in [0.25, 0.3) is 0 Å². The highest BCUT2D eigenvalue weighted by atomic mass is 35.5. The van der Waals surface area contributed by atoms with Gasteiger partial charge in [-0.1, -0.05) is 44.5 Å². The van der Waals surface area contributed by atoms with Crippen molar-refractivity contribution in [2.75, 3.05) is 26.2 Å². The fourth-order valence-corrected chi connectivity index (χ4v) is 5.38. The zero-order valence-electron chi connectivity index (χ0n) is 23.6. The lowest BCUT2D eigenvalue weighted by Gasteiger charge is -2.39. The van der Waals surface area contributed by atoms with E-state index in [2.05, 4.69) is 52.3 Å². The first kappa shape index (κ1) is 32.3. The number of nitrogens with zero attached hydrogens (tertiary/aromatic N) is 8. The van der Waals surface area contributed by atoms with E-state index in [1.54, 1.807) is 12.1 Å². The number of benzene rings is 1. The third-order valence-corrected chi connectivity index (χ3v) is 7.70. The molecule has 1 spiro atoms. The number of nitrogens with two attached hydrogens (primary N) is 4. The lowest BCUT2D eigenvalue weighted by atomic mass is 9.88. The molecule has 3 atom stereocenters. The molecule has 21 heteroatoms. The number of piperidine rings is 1. The van der Waals surface area contributed by atoms with E-state index >= 15 is 0 Å². The van der Waals surface area contributed by atoms with Gasteiger partial charge in [0, 0.05) is 31.6 Å². The van der Waals surface area contributed by atoms with Crippen molar-refractivity contribution in [2.45, 2.75) is 49.7 Å². The molecular weight excluding hydrogens is 600 g/mol. The second-order valence-corrected chi connectivity index (χ2v) is 10.6. The minimum atomic E-state index is -1.00. The van der Waals surface area contributed by atoms with Gasteiger partial charge in [0.15, 0.2) is 18.6 Å². The number of ether oxygens (including phenoxy) is 1. The van der Waals surface area contributed by atoms with Gasteiger partial charge in [-0.3, -0.25) is 25.5 Å². The maximum absolute atomic E-state index is 13.2. The minimum Gasteiger partial charge on any atom is -0.484 e. The van der Waals surface area contributed by atoms with Gasteiger partial charge in [-0.05, 0) is 37.0 Å². The molecule has 0 radical (unpaired) electrons. The highest BCUT2D eigenvalue weighted by Gasteiger charge is 2.46. The third kappa shape index (κ3) is 8.03. The molecule has 0 saturated carbocycles. The Balaban J connectivity index is 1.24. The molecule has 3 aliphatic rings. The van der Waals surface area contributed by atoms with Gasteiger partial charge in [-0.2, -0.15) is 0 Å². The van der Waals surface area contributed by atoms with E-state index < -0.39 is 35.9 Å². The highest BCUT2D eigenvalue weighted by Crippen LogP contribution is 2.28. The Kier molecular flexibility index (Phi) is 10.8. The molecule has 20 nitrogen and oxygen atoms in total. The van der Waals surface area contributed by atoms with Crippen molar-refractivity contribution in [2.24, 2.45) is 54.4 Å². The Hall–Kier alpha value is -4.66. The van der Waals surface area contributed by atoms with Crippen LogP contribution in [0, 0.1) is 0 Å². The largest absolute Gasteiger partial charge is 0.484 e. The molecule has 2 saturated heterocycles. The van der Waals surface area contributed by atoms with E-state index in [4.69, 9.17) is 39.7 Å². The van der Waals surface area contributed by atoms with E-state index in [1.165, 1.54) is 5.01 Å². The molecule has 4 rings (SSSR count). The van der Waals surface area contributed by atoms with Crippen molar-refractivity contribution >= 4 is 29.3 Å². The number of likely N-dealkylation sites (tertiary alicyclic amines) is 1. The van der Waals surface area contributed by atoms with Gasteiger partial charge >= 0.3 is 5.91 Å². The van der Waals surface area contributed by atoms with E-state index in [-0.39, 0.29) is 23.5 Å². The number of hydrazine groups is 1. The van der Waals surface area contributed by atoms with E-state index in [0.29, 0.717) is 51.1 Å². The molecule has 3 unspecified atom stereocenters. The number of carbonyl (C=O) groups excluding carboxylic acids is 3. The number of amides is 3. The average molecular weight is 635 g/mol. The molecule has 1 aromatic rings. The van der Waals surface area contributed by atoms with E-state index in [0.717, 1.165) is 5.56 Å². The van der Waals surface area contributed by atoms with Gasteiger partial charge in [0.1, 0.15) is 23.2 Å². The van der Waals surface area contributed by atoms with Crippen molar-refractivity contribution < 1.29 is 19.1 Å². The van der Waals surface area contributed by atoms with Crippen LogP contribution >= 0.6 is 11.6 Å². The molecule has 3 amide bonds. The van der Waals surface area contributed by atoms with Crippen LogP contribution in [-0.2, 0) is 20.8 Å². The lowest BCUT2D eigenvalue weighted by Crippen LogP contribution is -2.63. The molecule has 44 heavy (non-hydrogen) atoms. The Labute approximate surface area is 256 Å². The predicted octanol–water partition coefficient (Wildman–Crippen LogP) is -1.70. The van der Waals surface area contributed by atoms with Gasteiger partial charge in [-0.25, -0.2) is 5.01 Å². The van der Waals surface area contributed by atoms with Crippen LogP contribution < -0.4 is 49.4 Å². The quantitative estimate of drug-likeness (QED) is 0.0618. The lowest BCUT2D eigenvalue weighted by molar-refractivity contribution is -0.132. The van der Waals surface area contributed by atoms with Crippen molar-refractivity contribution in [3.63, 3.8) is 0 Å². The van der Waals surface area contributed by atoms with Crippen LogP contribution in [0.1, 0.15) is 24.8 Å². The summed E-state index contributed by atoms with van der Waals surface area (Å²) in [7, 11) is 0. The van der Waals surface area contributed by atoms with Crippen LogP contribution in [0.2, 0.25) is 0 Å². The van der Waals surface area contributed by atoms with Gasteiger partial charge in [0.25, 0.3) is 0 Å². The maximum atomic E-state index is 13.2. The average Bonchev–Trinajstić information content (AvgIpc) is 3.30. The van der Waals surface area contributed by atoms with Gasteiger partial charge in [0.05, 0.1) is 0 Å². The smallest absolute Gasteiger partial charge is 0.303 e. The van der Waals surface area contributed by atoms with Crippen LogP contribution in [0.15, 0.2) is 66.3 Å². The summed E-state index contributed by atoms with van der Waals surface area (Å²) < 4.78 is 5.33. The van der Waals surface area contributed by atoms with Crippen molar-refractivity contribution in [3.05, 3.63) is 40.8 Å². The van der Waals surface area contributed by atoms with Gasteiger partial charge in [-0.15, -0.1) is 10.2 Å². The number of nitrogens with one attached hydrogen (secondary N) is 4. The molecule has 0 aliphatic carbocycles. The number of halogens is 1. The Bertz CT molecular complexity index is 1310. The fraction of sp³-hybridized carbons (Fsp3) is 0.522. The number of aryl methyl sites for hydroxylation is 1. The van der Waals surface area contributed by atoms with Crippen molar-refractivity contribution in [3.8, 4) is 5.75 Å². The molecule has 3 heterocycles. The summed E-state index contributed by atoms with van der Waals surface area (Å²) in [6, 6.07) is 6.11. The summed E-state index contributed by atoms with van der Waals surface area (Å²) in [4.78, 5) is 39.3. The molecule has 2 fully saturated rings. The van der Waals surface area contributed by atoms with Crippen LogP contribution in [0.3, 0.4) is 0 Å². The monoisotopic (exact) mass is 634 g/mol. The molecule has 1 aromatic carbocycles. The maximum Gasteiger partial charge on any atom is 0.303 e. The van der Waals surface area contributed by atoms with Crippen molar-refractivity contribution in [1.82, 2.24) is 31.2 Å². The van der Waals surface area contributed by atoms with E-state index in [9.17, 15) is 14.4 Å². The van der Waals surface area contributed by atoms with E-state index in [1.807, 2.05) is 17.0 Å². The summed E-state index contributed by atoms with van der Waals surface area (Å²) >= 11 is 6.17. The normalized spacial score (nSPS) is 23.8. The highest BCUT2D eigenvalue weighted by molar-refractivity contribution is 6.29. The Morgan fingerprint density at radius 2 is 1.80 bits per heavy atom. The first-order chi connectivity index (χ1) is 21.2. The summed E-state index contributed by atoms with van der Waals surface area (Å²) in [6.45, 7) is 1.26. The summed E-state index contributed by atoms with van der Waals surface area (Å²) in [5, 5.41) is 33.3. The fourth-order valence-electron chi connectivity index (χ4n) is 5.17. The van der Waals surface area contributed by atoms with Crippen LogP contribution in [-0.4, -0.2) is 77.9 Å². The number of hydrogen-bond acceptors (Lipinski definition) is 14. The second-order valence-electron chi connectivity index (χ2n) is 10.3. The topological polar surface area (TPSA) is 293 Å². The van der Waals surface area contributed by atoms with Crippen LogP contribution in [0.5, 0.6) is 5.75 Å². The minimum absolute atomic E-state index is 0.00619. The first-order valence-electron chi connectivity index (χ1n) is 13.5. The Morgan fingerprint density at radius 1 is 1.07 bits per heavy atom. The van der Waals surface area contributed by atoms with Crippen LogP contribution in [0.4, 0.5) is 0 Å². The van der Waals surface area contributed by atoms with Gasteiger partial charge in [0.2, 0.25) is 11.8 Å². The first-order valence-corrected chi connectivity index (χ1v) is 13.9. The standard InChI is InChI=1S/C23H35ClN16O4/c24-18-20(35-38-27)30-19(34-37-26)17(29-18)21(43)31-22-32-23(12-40(22)28)7-9-39(10-8-23)16(42)6-3-13-1-4-14(5-2-13)44-11-15(41)33-36-25/h1-2,4-5,17,19,22,29-30,32H,3,6-12,28H2,(H2,26,34)(H2,27,35)(H,31,43)(H2,25,33,41). The zero-order valence-corrected chi connectivity index (χ0v) is 24.4. The zero-order chi connectivity index (χ0) is 31.7. The molecule has 3 aliphatic heterocycles. The van der Waals surface area contributed by atoms with Crippen molar-refractivity contribution in [1.29, 1.82) is 0 Å². The summed E-state index contributed by atoms with van der Waals surface area (Å²) in [5.74, 6) is 20.9. The molecule has 238 valence electrons. The SMILES string of the molecule is NN=NC(=O)COc1ccc(CCC(=O)N2CCC3(CC2)CN(N)C(NC(=O)C2NC(Cl)=C(N=NN)NC2N=NN)N3)cc1.